The third-order valence-corrected chi connectivity index (χ3v) is 5.32. The fraction of sp³-hybridized carbons (Fsp3) is 0.550. The number of aryl methyl sites for hydroxylation is 1. The van der Waals surface area contributed by atoms with Gasteiger partial charge in [0.25, 0.3) is 0 Å². The van der Waals surface area contributed by atoms with Gasteiger partial charge in [0.1, 0.15) is 11.6 Å². The lowest BCUT2D eigenvalue weighted by Crippen LogP contribution is -2.44. The molecule has 1 aromatic heterocycles. The number of aromatic nitrogens is 3. The minimum absolute atomic E-state index is 0. The maximum absolute atomic E-state index is 13.4. The molecular formula is C20H31FIN7. The monoisotopic (exact) mass is 515 g/mol. The lowest BCUT2D eigenvalue weighted by atomic mass is 10.2. The van der Waals surface area contributed by atoms with Crippen LogP contribution in [0.5, 0.6) is 0 Å². The van der Waals surface area contributed by atoms with Crippen LogP contribution >= 0.6 is 24.0 Å². The van der Waals surface area contributed by atoms with Crippen molar-refractivity contribution in [3.63, 3.8) is 0 Å². The first-order valence-corrected chi connectivity index (χ1v) is 9.92. The molecule has 160 valence electrons. The average Bonchev–Trinajstić information content (AvgIpc) is 3.28. The van der Waals surface area contributed by atoms with Gasteiger partial charge in [0.05, 0.1) is 13.1 Å². The van der Waals surface area contributed by atoms with Crippen molar-refractivity contribution < 1.29 is 4.39 Å². The molecule has 2 aromatic rings. The Morgan fingerprint density at radius 1 is 1.31 bits per heavy atom. The van der Waals surface area contributed by atoms with Crippen molar-refractivity contribution in [2.75, 3.05) is 19.6 Å². The average molecular weight is 515 g/mol. The molecule has 29 heavy (non-hydrogen) atoms. The van der Waals surface area contributed by atoms with Gasteiger partial charge in [0.2, 0.25) is 0 Å². The van der Waals surface area contributed by atoms with E-state index >= 15 is 0 Å². The predicted molar refractivity (Wildman–Crippen MR) is 124 cm³/mol. The van der Waals surface area contributed by atoms with Gasteiger partial charge < -0.3 is 15.2 Å². The third-order valence-electron chi connectivity index (χ3n) is 5.32. The standard InChI is InChI=1S/C20H30FN7.HI/c1-4-28-10-6-9-18(28)13-23-20(22-12-16-7-5-8-17(21)11-16)24-14-19-26-25-15(2)27(19)3;/h5,7-8,11,18H,4,6,9-10,12-14H2,1-3H3,(H2,22,23,24);1H. The summed E-state index contributed by atoms with van der Waals surface area (Å²) >= 11 is 0. The van der Waals surface area contributed by atoms with Crippen LogP contribution in [0.3, 0.4) is 0 Å². The topological polar surface area (TPSA) is 70.4 Å². The number of likely N-dealkylation sites (N-methyl/N-ethyl adjacent to an activating group) is 1. The van der Waals surface area contributed by atoms with Gasteiger partial charge in [0.15, 0.2) is 11.8 Å². The predicted octanol–water partition coefficient (Wildman–Crippen LogP) is 2.60. The van der Waals surface area contributed by atoms with Gasteiger partial charge in [-0.2, -0.15) is 0 Å². The lowest BCUT2D eigenvalue weighted by molar-refractivity contribution is 0.267. The van der Waals surface area contributed by atoms with Crippen molar-refractivity contribution in [2.45, 2.75) is 45.8 Å². The molecule has 0 aliphatic carbocycles. The van der Waals surface area contributed by atoms with E-state index in [0.29, 0.717) is 25.1 Å². The molecular weight excluding hydrogens is 484 g/mol. The number of hydrogen-bond acceptors (Lipinski definition) is 4. The maximum Gasteiger partial charge on any atom is 0.192 e. The van der Waals surface area contributed by atoms with Crippen LogP contribution in [0.4, 0.5) is 4.39 Å². The molecule has 7 nitrogen and oxygen atoms in total. The molecule has 0 bridgehead atoms. The number of nitrogens with zero attached hydrogens (tertiary/aromatic N) is 5. The van der Waals surface area contributed by atoms with E-state index in [1.54, 1.807) is 6.07 Å². The van der Waals surface area contributed by atoms with Crippen molar-refractivity contribution in [2.24, 2.45) is 12.0 Å². The first-order chi connectivity index (χ1) is 13.6. The number of rotatable bonds is 7. The number of hydrogen-bond donors (Lipinski definition) is 2. The largest absolute Gasteiger partial charge is 0.355 e. The van der Waals surface area contributed by atoms with Crippen molar-refractivity contribution >= 4 is 29.9 Å². The Kier molecular flexibility index (Phi) is 9.28. The Morgan fingerprint density at radius 2 is 2.14 bits per heavy atom. The van der Waals surface area contributed by atoms with E-state index in [1.807, 2.05) is 24.6 Å². The summed E-state index contributed by atoms with van der Waals surface area (Å²) in [6.45, 7) is 8.11. The van der Waals surface area contributed by atoms with E-state index in [0.717, 1.165) is 36.8 Å². The highest BCUT2D eigenvalue weighted by Gasteiger charge is 2.22. The van der Waals surface area contributed by atoms with Gasteiger partial charge in [-0.25, -0.2) is 9.38 Å². The molecule has 0 spiro atoms. The molecule has 1 atom stereocenters. The molecule has 1 aliphatic rings. The van der Waals surface area contributed by atoms with Crippen LogP contribution in [0.1, 0.15) is 37.0 Å². The second kappa shape index (κ2) is 11.4. The van der Waals surface area contributed by atoms with Crippen LogP contribution in [0.2, 0.25) is 0 Å². The Balaban J connectivity index is 0.00000300. The Labute approximate surface area is 189 Å². The van der Waals surface area contributed by atoms with Crippen LogP contribution in [0.15, 0.2) is 29.3 Å². The van der Waals surface area contributed by atoms with Gasteiger partial charge in [-0.15, -0.1) is 34.2 Å². The highest BCUT2D eigenvalue weighted by atomic mass is 127. The number of benzene rings is 1. The van der Waals surface area contributed by atoms with E-state index < -0.39 is 0 Å². The molecule has 3 rings (SSSR count). The van der Waals surface area contributed by atoms with Gasteiger partial charge in [0, 0.05) is 19.6 Å². The summed E-state index contributed by atoms with van der Waals surface area (Å²) < 4.78 is 15.4. The van der Waals surface area contributed by atoms with Crippen LogP contribution in [-0.4, -0.2) is 51.3 Å². The molecule has 1 saturated heterocycles. The smallest absolute Gasteiger partial charge is 0.192 e. The van der Waals surface area contributed by atoms with E-state index in [1.165, 1.54) is 25.0 Å². The van der Waals surface area contributed by atoms with Crippen LogP contribution < -0.4 is 10.6 Å². The highest BCUT2D eigenvalue weighted by Crippen LogP contribution is 2.15. The Bertz CT molecular complexity index is 808. The molecule has 9 heteroatoms. The van der Waals surface area contributed by atoms with Gasteiger partial charge in [-0.1, -0.05) is 19.1 Å². The zero-order chi connectivity index (χ0) is 19.9. The summed E-state index contributed by atoms with van der Waals surface area (Å²) in [6, 6.07) is 7.07. The highest BCUT2D eigenvalue weighted by molar-refractivity contribution is 14.0. The number of nitrogens with one attached hydrogen (secondary N) is 2. The number of likely N-dealkylation sites (tertiary alicyclic amines) is 1. The quantitative estimate of drug-likeness (QED) is 0.337. The number of aliphatic imine (C=N–C) groups is 1. The first kappa shape index (κ1) is 23.5. The molecule has 2 N–H and O–H groups in total. The molecule has 1 aliphatic heterocycles. The van der Waals surface area contributed by atoms with Gasteiger partial charge >= 0.3 is 0 Å². The molecule has 1 aromatic carbocycles. The lowest BCUT2D eigenvalue weighted by Gasteiger charge is -2.24. The maximum atomic E-state index is 13.4. The summed E-state index contributed by atoms with van der Waals surface area (Å²) in [4.78, 5) is 7.14. The second-order valence-corrected chi connectivity index (χ2v) is 7.18. The Morgan fingerprint density at radius 3 is 2.83 bits per heavy atom. The van der Waals surface area contributed by atoms with Crippen LogP contribution in [-0.2, 0) is 20.1 Å². The van der Waals surface area contributed by atoms with Crippen LogP contribution in [0, 0.1) is 12.7 Å². The zero-order valence-electron chi connectivity index (χ0n) is 17.4. The van der Waals surface area contributed by atoms with Crippen molar-refractivity contribution in [1.29, 1.82) is 0 Å². The normalized spacial score (nSPS) is 17.2. The van der Waals surface area contributed by atoms with Crippen molar-refractivity contribution in [1.82, 2.24) is 30.3 Å². The fourth-order valence-corrected chi connectivity index (χ4v) is 3.50. The molecule has 1 unspecified atom stereocenters. The van der Waals surface area contributed by atoms with E-state index in [9.17, 15) is 4.39 Å². The number of guanidine groups is 1. The molecule has 1 fully saturated rings. The van der Waals surface area contributed by atoms with Crippen molar-refractivity contribution in [3.05, 3.63) is 47.3 Å². The Hall–Kier alpha value is -1.75. The van der Waals surface area contributed by atoms with E-state index in [4.69, 9.17) is 0 Å². The fourth-order valence-electron chi connectivity index (χ4n) is 3.50. The van der Waals surface area contributed by atoms with Crippen molar-refractivity contribution in [3.8, 4) is 0 Å². The number of halogens is 2. The SMILES string of the molecule is CCN1CCCC1CNC(=NCc1cccc(F)c1)NCc1nnc(C)n1C.I. The summed E-state index contributed by atoms with van der Waals surface area (Å²) in [5, 5.41) is 15.1. The molecule has 0 amide bonds. The van der Waals surface area contributed by atoms with Crippen LogP contribution in [0.25, 0.3) is 0 Å². The molecule has 0 saturated carbocycles. The van der Waals surface area contributed by atoms with Gasteiger partial charge in [-0.3, -0.25) is 4.90 Å². The minimum atomic E-state index is -0.241. The summed E-state index contributed by atoms with van der Waals surface area (Å²) in [5.74, 6) is 2.17. The zero-order valence-corrected chi connectivity index (χ0v) is 19.7. The first-order valence-electron chi connectivity index (χ1n) is 9.92. The van der Waals surface area contributed by atoms with E-state index in [-0.39, 0.29) is 29.8 Å². The summed E-state index contributed by atoms with van der Waals surface area (Å²) in [7, 11) is 1.95. The summed E-state index contributed by atoms with van der Waals surface area (Å²) in [6.07, 6.45) is 2.43. The van der Waals surface area contributed by atoms with Gasteiger partial charge in [-0.05, 0) is 50.6 Å². The summed E-state index contributed by atoms with van der Waals surface area (Å²) in [5.41, 5.74) is 0.839. The second-order valence-electron chi connectivity index (χ2n) is 7.18. The van der Waals surface area contributed by atoms with E-state index in [2.05, 4.69) is 37.6 Å². The molecule has 0 radical (unpaired) electrons. The molecule has 2 heterocycles. The minimum Gasteiger partial charge on any atom is -0.355 e. The third kappa shape index (κ3) is 6.63.